The number of ether oxygens (including phenoxy) is 1. The lowest BCUT2D eigenvalue weighted by Gasteiger charge is -2.24. The molecule has 1 fully saturated rings. The molecule has 1 N–H and O–H groups in total. The van der Waals surface area contributed by atoms with E-state index in [4.69, 9.17) is 4.74 Å². The van der Waals surface area contributed by atoms with Gasteiger partial charge in [0.1, 0.15) is 5.69 Å². The molecule has 1 aromatic rings. The molecule has 2 rings (SSSR count). The van der Waals surface area contributed by atoms with Crippen molar-refractivity contribution < 1.29 is 9.53 Å². The molecule has 1 aliphatic rings. The van der Waals surface area contributed by atoms with Crippen molar-refractivity contribution in [2.75, 3.05) is 31.6 Å². The van der Waals surface area contributed by atoms with Crippen molar-refractivity contribution in [2.45, 2.75) is 32.7 Å². The van der Waals surface area contributed by atoms with Crippen LogP contribution in [-0.4, -0.2) is 48.1 Å². The van der Waals surface area contributed by atoms with Crippen molar-refractivity contribution >= 4 is 11.6 Å². The van der Waals surface area contributed by atoms with E-state index in [1.54, 1.807) is 11.1 Å². The Morgan fingerprint density at radius 3 is 2.95 bits per heavy atom. The zero-order valence-electron chi connectivity index (χ0n) is 12.3. The van der Waals surface area contributed by atoms with Crippen molar-refractivity contribution in [3.8, 4) is 0 Å². The van der Waals surface area contributed by atoms with E-state index in [-0.39, 0.29) is 5.91 Å². The van der Waals surface area contributed by atoms with Crippen LogP contribution in [0.3, 0.4) is 0 Å². The van der Waals surface area contributed by atoms with E-state index < -0.39 is 0 Å². The summed E-state index contributed by atoms with van der Waals surface area (Å²) in [5, 5.41) is 3.42. The number of amides is 1. The average molecular weight is 277 g/mol. The van der Waals surface area contributed by atoms with Crippen LogP contribution >= 0.6 is 0 Å². The smallest absolute Gasteiger partial charge is 0.272 e. The Bertz CT molecular complexity index is 440. The fourth-order valence-electron chi connectivity index (χ4n) is 2.40. The normalized spacial score (nSPS) is 18.6. The lowest BCUT2D eigenvalue weighted by Crippen LogP contribution is -2.32. The summed E-state index contributed by atoms with van der Waals surface area (Å²) < 4.78 is 5.45. The van der Waals surface area contributed by atoms with Gasteiger partial charge in [-0.3, -0.25) is 9.78 Å². The van der Waals surface area contributed by atoms with Gasteiger partial charge in [-0.2, -0.15) is 0 Å². The highest BCUT2D eigenvalue weighted by Crippen LogP contribution is 2.15. The van der Waals surface area contributed by atoms with Crippen LogP contribution in [0.5, 0.6) is 0 Å². The van der Waals surface area contributed by atoms with Gasteiger partial charge in [0.2, 0.25) is 0 Å². The summed E-state index contributed by atoms with van der Waals surface area (Å²) in [6.45, 7) is 6.92. The second-order valence-electron chi connectivity index (χ2n) is 4.97. The predicted molar refractivity (Wildman–Crippen MR) is 79.0 cm³/mol. The lowest BCUT2D eigenvalue weighted by molar-refractivity contribution is 0.0767. The number of pyridine rings is 1. The maximum atomic E-state index is 12.3. The Kier molecular flexibility index (Phi) is 5.35. The molecule has 20 heavy (non-hydrogen) atoms. The number of nitrogens with zero attached hydrogens (tertiary/aromatic N) is 2. The minimum absolute atomic E-state index is 0.0152. The van der Waals surface area contributed by atoms with E-state index in [1.165, 1.54) is 0 Å². The summed E-state index contributed by atoms with van der Waals surface area (Å²) >= 11 is 0. The fraction of sp³-hybridized carbons (Fsp3) is 0.600. The van der Waals surface area contributed by atoms with Crippen molar-refractivity contribution in [1.29, 1.82) is 0 Å². The van der Waals surface area contributed by atoms with E-state index >= 15 is 0 Å². The van der Waals surface area contributed by atoms with Crippen LogP contribution in [0.2, 0.25) is 0 Å². The Morgan fingerprint density at radius 1 is 1.50 bits per heavy atom. The fourth-order valence-corrected chi connectivity index (χ4v) is 2.40. The van der Waals surface area contributed by atoms with Crippen LogP contribution in [0.4, 0.5) is 5.69 Å². The molecule has 2 heterocycles. The number of aromatic nitrogens is 1. The molecule has 1 aliphatic heterocycles. The Balaban J connectivity index is 2.05. The largest absolute Gasteiger partial charge is 0.380 e. The third-order valence-electron chi connectivity index (χ3n) is 3.56. The summed E-state index contributed by atoms with van der Waals surface area (Å²) in [6.07, 6.45) is 3.86. The maximum Gasteiger partial charge on any atom is 0.272 e. The molecule has 0 spiro atoms. The van der Waals surface area contributed by atoms with Crippen molar-refractivity contribution in [2.24, 2.45) is 0 Å². The molecule has 1 amide bonds. The molecule has 1 atom stereocenters. The standard InChI is InChI=1S/C15H23N3O2/c1-3-18(4-2)15(19)14-10-12(7-8-16-14)17-13-6-5-9-20-11-13/h7-8,10,13H,3-6,9,11H2,1-2H3,(H,16,17). The molecule has 0 bridgehead atoms. The molecule has 110 valence electrons. The van der Waals surface area contributed by atoms with E-state index in [0.717, 1.165) is 31.7 Å². The SMILES string of the molecule is CCN(CC)C(=O)c1cc(NC2CCCOC2)ccn1. The third-order valence-corrected chi connectivity index (χ3v) is 3.56. The highest BCUT2D eigenvalue weighted by molar-refractivity contribution is 5.93. The number of hydrogen-bond donors (Lipinski definition) is 1. The quantitative estimate of drug-likeness (QED) is 0.896. The van der Waals surface area contributed by atoms with Crippen molar-refractivity contribution in [3.63, 3.8) is 0 Å². The molecule has 0 aromatic carbocycles. The van der Waals surface area contributed by atoms with E-state index in [9.17, 15) is 4.79 Å². The second kappa shape index (κ2) is 7.24. The van der Waals surface area contributed by atoms with Gasteiger partial charge in [-0.25, -0.2) is 0 Å². The molecule has 1 unspecified atom stereocenters. The molecule has 0 radical (unpaired) electrons. The maximum absolute atomic E-state index is 12.3. The Labute approximate surface area is 120 Å². The first-order chi connectivity index (χ1) is 9.74. The number of hydrogen-bond acceptors (Lipinski definition) is 4. The van der Waals surface area contributed by atoms with Gasteiger partial charge in [0, 0.05) is 37.6 Å². The van der Waals surface area contributed by atoms with Crippen LogP contribution in [0.1, 0.15) is 37.2 Å². The highest BCUT2D eigenvalue weighted by atomic mass is 16.5. The first kappa shape index (κ1) is 14.8. The van der Waals surface area contributed by atoms with Gasteiger partial charge in [-0.1, -0.05) is 0 Å². The summed E-state index contributed by atoms with van der Waals surface area (Å²) in [5.74, 6) is -0.0152. The molecule has 5 heteroatoms. The van der Waals surface area contributed by atoms with Crippen LogP contribution in [0.15, 0.2) is 18.3 Å². The van der Waals surface area contributed by atoms with E-state index in [2.05, 4.69) is 10.3 Å². The monoisotopic (exact) mass is 277 g/mol. The first-order valence-electron chi connectivity index (χ1n) is 7.34. The van der Waals surface area contributed by atoms with Gasteiger partial charge in [-0.05, 0) is 38.8 Å². The number of anilines is 1. The van der Waals surface area contributed by atoms with Crippen LogP contribution < -0.4 is 5.32 Å². The summed E-state index contributed by atoms with van der Waals surface area (Å²) in [7, 11) is 0. The minimum Gasteiger partial charge on any atom is -0.380 e. The van der Waals surface area contributed by atoms with Crippen molar-refractivity contribution in [3.05, 3.63) is 24.0 Å². The Hall–Kier alpha value is -1.62. The molecule has 5 nitrogen and oxygen atoms in total. The van der Waals surface area contributed by atoms with Crippen molar-refractivity contribution in [1.82, 2.24) is 9.88 Å². The molecular weight excluding hydrogens is 254 g/mol. The summed E-state index contributed by atoms with van der Waals surface area (Å²) in [5.41, 5.74) is 1.43. The zero-order chi connectivity index (χ0) is 14.4. The van der Waals surface area contributed by atoms with Crippen LogP contribution in [0.25, 0.3) is 0 Å². The first-order valence-corrected chi connectivity index (χ1v) is 7.34. The zero-order valence-corrected chi connectivity index (χ0v) is 12.3. The predicted octanol–water partition coefficient (Wildman–Crippen LogP) is 2.15. The lowest BCUT2D eigenvalue weighted by atomic mass is 10.1. The third kappa shape index (κ3) is 3.70. The van der Waals surface area contributed by atoms with Gasteiger partial charge in [0.15, 0.2) is 0 Å². The number of carbonyl (C=O) groups is 1. The van der Waals surface area contributed by atoms with E-state index in [1.807, 2.05) is 26.0 Å². The summed E-state index contributed by atoms with van der Waals surface area (Å²) in [4.78, 5) is 18.2. The molecule has 1 saturated heterocycles. The van der Waals surface area contributed by atoms with Gasteiger partial charge in [-0.15, -0.1) is 0 Å². The van der Waals surface area contributed by atoms with Crippen LogP contribution in [-0.2, 0) is 4.74 Å². The number of nitrogens with one attached hydrogen (secondary N) is 1. The average Bonchev–Trinajstić information content (AvgIpc) is 2.49. The van der Waals surface area contributed by atoms with Gasteiger partial charge in [0.05, 0.1) is 6.61 Å². The van der Waals surface area contributed by atoms with Crippen LogP contribution in [0, 0.1) is 0 Å². The second-order valence-corrected chi connectivity index (χ2v) is 4.97. The van der Waals surface area contributed by atoms with Gasteiger partial charge < -0.3 is 15.0 Å². The topological polar surface area (TPSA) is 54.5 Å². The molecule has 0 aliphatic carbocycles. The Morgan fingerprint density at radius 2 is 2.30 bits per heavy atom. The minimum atomic E-state index is -0.0152. The van der Waals surface area contributed by atoms with Gasteiger partial charge >= 0.3 is 0 Å². The number of rotatable bonds is 5. The summed E-state index contributed by atoms with van der Waals surface area (Å²) in [6, 6.07) is 4.05. The van der Waals surface area contributed by atoms with Gasteiger partial charge in [0.25, 0.3) is 5.91 Å². The highest BCUT2D eigenvalue weighted by Gasteiger charge is 2.16. The molecule has 1 aromatic heterocycles. The molecular formula is C15H23N3O2. The number of carbonyl (C=O) groups excluding carboxylic acids is 1. The molecule has 0 saturated carbocycles. The van der Waals surface area contributed by atoms with E-state index in [0.29, 0.717) is 24.8 Å².